The Morgan fingerprint density at radius 3 is 3.05 bits per heavy atom. The topological polar surface area (TPSA) is 66.4 Å². The van der Waals surface area contributed by atoms with Gasteiger partial charge in [-0.25, -0.2) is 4.98 Å². The normalized spacial score (nSPS) is 16.0. The number of aldehydes is 1. The van der Waals surface area contributed by atoms with E-state index in [0.717, 1.165) is 34.9 Å². The molecule has 1 heterocycles. The number of allylic oxidation sites excluding steroid dienone is 1. The molecule has 2 N–H and O–H groups in total. The Balaban J connectivity index is 1.78. The smallest absolute Gasteiger partial charge is 0.195 e. The molecule has 1 aliphatic rings. The summed E-state index contributed by atoms with van der Waals surface area (Å²) < 4.78 is 1.11. The van der Waals surface area contributed by atoms with Crippen LogP contribution in [-0.2, 0) is 4.79 Å². The largest absolute Gasteiger partial charge is 0.353 e. The molecule has 108 valence electrons. The van der Waals surface area contributed by atoms with Crippen molar-refractivity contribution in [2.24, 2.45) is 4.99 Å². The lowest BCUT2D eigenvalue weighted by atomic mass is 10.2. The third-order valence-corrected chi connectivity index (χ3v) is 4.00. The Morgan fingerprint density at radius 2 is 2.33 bits per heavy atom. The highest BCUT2D eigenvalue weighted by atomic mass is 32.1. The number of carbonyl (C=O) groups is 1. The van der Waals surface area contributed by atoms with Gasteiger partial charge in [-0.3, -0.25) is 9.79 Å². The van der Waals surface area contributed by atoms with E-state index in [1.165, 1.54) is 0 Å². The van der Waals surface area contributed by atoms with Crippen LogP contribution in [0, 0.1) is 0 Å². The summed E-state index contributed by atoms with van der Waals surface area (Å²) in [4.78, 5) is 19.6. The highest BCUT2D eigenvalue weighted by Crippen LogP contribution is 2.20. The second-order valence-electron chi connectivity index (χ2n) is 4.91. The van der Waals surface area contributed by atoms with Gasteiger partial charge in [-0.1, -0.05) is 6.07 Å². The first-order valence-corrected chi connectivity index (χ1v) is 7.67. The molecular formula is C15H16N4OS. The number of nitrogens with zero attached hydrogens (tertiary/aromatic N) is 2. The molecule has 0 atom stereocenters. The van der Waals surface area contributed by atoms with Gasteiger partial charge in [-0.15, -0.1) is 11.3 Å². The van der Waals surface area contributed by atoms with E-state index in [9.17, 15) is 4.79 Å². The molecule has 0 spiro atoms. The standard InChI is InChI=1S/C15H16N4OS/c1-16-15(18-11-3-4-11)19-12(8-20)6-10-2-5-13-14(7-10)21-9-17-13/h2,5-9,11H,3-4H2,1H3,(H2,16,18,19)/b12-6-. The van der Waals surface area contributed by atoms with Crippen molar-refractivity contribution >= 4 is 39.9 Å². The number of fused-ring (bicyclic) bond motifs is 1. The van der Waals surface area contributed by atoms with E-state index in [1.54, 1.807) is 18.4 Å². The number of hydrogen-bond acceptors (Lipinski definition) is 4. The Hall–Kier alpha value is -2.21. The fraction of sp³-hybridized carbons (Fsp3) is 0.267. The first kappa shape index (κ1) is 13.8. The van der Waals surface area contributed by atoms with E-state index in [2.05, 4.69) is 20.6 Å². The number of rotatable bonds is 4. The van der Waals surface area contributed by atoms with Gasteiger partial charge >= 0.3 is 0 Å². The molecular weight excluding hydrogens is 284 g/mol. The zero-order chi connectivity index (χ0) is 14.7. The molecule has 0 aliphatic heterocycles. The van der Waals surface area contributed by atoms with E-state index >= 15 is 0 Å². The molecule has 1 aromatic carbocycles. The van der Waals surface area contributed by atoms with Crippen molar-refractivity contribution in [3.8, 4) is 0 Å². The number of carbonyl (C=O) groups excluding carboxylic acids is 1. The molecule has 0 amide bonds. The van der Waals surface area contributed by atoms with Crippen molar-refractivity contribution in [3.63, 3.8) is 0 Å². The summed E-state index contributed by atoms with van der Waals surface area (Å²) in [5.41, 5.74) is 4.23. The van der Waals surface area contributed by atoms with Crippen LogP contribution in [0.2, 0.25) is 0 Å². The number of aromatic nitrogens is 1. The van der Waals surface area contributed by atoms with E-state index in [0.29, 0.717) is 17.7 Å². The van der Waals surface area contributed by atoms with Gasteiger partial charge in [0.1, 0.15) is 0 Å². The van der Waals surface area contributed by atoms with Crippen molar-refractivity contribution in [1.29, 1.82) is 0 Å². The summed E-state index contributed by atoms with van der Waals surface area (Å²) >= 11 is 1.59. The number of thiazole rings is 1. The predicted molar refractivity (Wildman–Crippen MR) is 86.3 cm³/mol. The quantitative estimate of drug-likeness (QED) is 0.393. The fourth-order valence-electron chi connectivity index (χ4n) is 1.95. The minimum Gasteiger partial charge on any atom is -0.353 e. The summed E-state index contributed by atoms with van der Waals surface area (Å²) in [7, 11) is 1.70. The third-order valence-electron chi connectivity index (χ3n) is 3.21. The molecule has 0 saturated heterocycles. The van der Waals surface area contributed by atoms with Gasteiger partial charge in [-0.2, -0.15) is 0 Å². The average molecular weight is 300 g/mol. The highest BCUT2D eigenvalue weighted by Gasteiger charge is 2.22. The Kier molecular flexibility index (Phi) is 3.96. The highest BCUT2D eigenvalue weighted by molar-refractivity contribution is 7.16. The zero-order valence-electron chi connectivity index (χ0n) is 11.7. The Bertz CT molecular complexity index is 715. The minimum atomic E-state index is 0.479. The molecule has 5 nitrogen and oxygen atoms in total. The molecule has 0 bridgehead atoms. The lowest BCUT2D eigenvalue weighted by molar-refractivity contribution is -0.105. The molecule has 1 aliphatic carbocycles. The van der Waals surface area contributed by atoms with Gasteiger partial charge in [0.15, 0.2) is 12.2 Å². The second-order valence-corrected chi connectivity index (χ2v) is 5.80. The van der Waals surface area contributed by atoms with E-state index < -0.39 is 0 Å². The van der Waals surface area contributed by atoms with Crippen LogP contribution in [-0.4, -0.2) is 30.3 Å². The van der Waals surface area contributed by atoms with Gasteiger partial charge in [0.25, 0.3) is 0 Å². The number of aliphatic imine (C=N–C) groups is 1. The van der Waals surface area contributed by atoms with E-state index in [-0.39, 0.29) is 0 Å². The molecule has 2 aromatic rings. The van der Waals surface area contributed by atoms with Crippen LogP contribution in [0.1, 0.15) is 18.4 Å². The maximum atomic E-state index is 11.3. The maximum Gasteiger partial charge on any atom is 0.195 e. The van der Waals surface area contributed by atoms with Crippen molar-refractivity contribution < 1.29 is 4.79 Å². The predicted octanol–water partition coefficient (Wildman–Crippen LogP) is 2.16. The Labute approximate surface area is 126 Å². The number of guanidine groups is 1. The van der Waals surface area contributed by atoms with Gasteiger partial charge in [0.2, 0.25) is 0 Å². The lowest BCUT2D eigenvalue weighted by Crippen LogP contribution is -2.38. The summed E-state index contributed by atoms with van der Waals surface area (Å²) in [6, 6.07) is 6.41. The van der Waals surface area contributed by atoms with Crippen molar-refractivity contribution in [2.75, 3.05) is 7.05 Å². The van der Waals surface area contributed by atoms with Crippen molar-refractivity contribution in [1.82, 2.24) is 15.6 Å². The second kappa shape index (κ2) is 6.05. The van der Waals surface area contributed by atoms with E-state index in [4.69, 9.17) is 0 Å². The first-order valence-electron chi connectivity index (χ1n) is 6.79. The molecule has 0 radical (unpaired) electrons. The number of hydrogen-bond donors (Lipinski definition) is 2. The van der Waals surface area contributed by atoms with Gasteiger partial charge in [0.05, 0.1) is 21.4 Å². The summed E-state index contributed by atoms with van der Waals surface area (Å²) in [6.45, 7) is 0. The van der Waals surface area contributed by atoms with Crippen LogP contribution in [0.5, 0.6) is 0 Å². The van der Waals surface area contributed by atoms with E-state index in [1.807, 2.05) is 29.8 Å². The molecule has 6 heteroatoms. The molecule has 3 rings (SSSR count). The SMILES string of the molecule is CN=C(N/C(C=O)=C\c1ccc2ncsc2c1)NC1CC1. The van der Waals surface area contributed by atoms with Crippen LogP contribution in [0.4, 0.5) is 0 Å². The van der Waals surface area contributed by atoms with Crippen molar-refractivity contribution in [3.05, 3.63) is 35.0 Å². The van der Waals surface area contributed by atoms with Crippen LogP contribution in [0.25, 0.3) is 16.3 Å². The summed E-state index contributed by atoms with van der Waals surface area (Å²) in [6.07, 6.45) is 4.92. The van der Waals surface area contributed by atoms with Crippen LogP contribution in [0.15, 0.2) is 34.4 Å². The average Bonchev–Trinajstić information content (AvgIpc) is 3.20. The van der Waals surface area contributed by atoms with Gasteiger partial charge in [-0.05, 0) is 36.6 Å². The maximum absolute atomic E-state index is 11.3. The molecule has 21 heavy (non-hydrogen) atoms. The lowest BCUT2D eigenvalue weighted by Gasteiger charge is -2.10. The van der Waals surface area contributed by atoms with Crippen LogP contribution < -0.4 is 10.6 Å². The van der Waals surface area contributed by atoms with Gasteiger partial charge < -0.3 is 10.6 Å². The summed E-state index contributed by atoms with van der Waals surface area (Å²) in [5, 5.41) is 6.28. The molecule has 1 aromatic heterocycles. The Morgan fingerprint density at radius 1 is 1.48 bits per heavy atom. The number of nitrogens with one attached hydrogen (secondary N) is 2. The number of benzene rings is 1. The van der Waals surface area contributed by atoms with Crippen molar-refractivity contribution in [2.45, 2.75) is 18.9 Å². The van der Waals surface area contributed by atoms with Crippen LogP contribution >= 0.6 is 11.3 Å². The third kappa shape index (κ3) is 3.46. The van der Waals surface area contributed by atoms with Gasteiger partial charge in [0, 0.05) is 13.1 Å². The fourth-order valence-corrected chi connectivity index (χ4v) is 2.68. The summed E-state index contributed by atoms with van der Waals surface area (Å²) in [5.74, 6) is 0.634. The molecule has 1 fully saturated rings. The zero-order valence-corrected chi connectivity index (χ0v) is 12.5. The first-order chi connectivity index (χ1) is 10.3. The minimum absolute atomic E-state index is 0.479. The monoisotopic (exact) mass is 300 g/mol. The molecule has 1 saturated carbocycles. The van der Waals surface area contributed by atoms with Crippen LogP contribution in [0.3, 0.4) is 0 Å². The molecule has 0 unspecified atom stereocenters.